The average molecular weight is 241 g/mol. The van der Waals surface area contributed by atoms with Crippen molar-refractivity contribution in [2.45, 2.75) is 33.2 Å². The van der Waals surface area contributed by atoms with Gasteiger partial charge in [-0.3, -0.25) is 11.3 Å². The zero-order chi connectivity index (χ0) is 12.1. The number of rotatable bonds is 5. The molecule has 1 aromatic rings. The molecule has 0 aliphatic rings. The van der Waals surface area contributed by atoms with Crippen LogP contribution in [-0.4, -0.2) is 6.04 Å². The lowest BCUT2D eigenvalue weighted by atomic mass is 9.87. The van der Waals surface area contributed by atoms with E-state index in [-0.39, 0.29) is 0 Å². The molecule has 0 fully saturated rings. The van der Waals surface area contributed by atoms with Crippen LogP contribution >= 0.6 is 11.6 Å². The second kappa shape index (κ2) is 6.24. The van der Waals surface area contributed by atoms with Crippen LogP contribution in [0.1, 0.15) is 26.3 Å². The Kier molecular flexibility index (Phi) is 5.26. The fourth-order valence-corrected chi connectivity index (χ4v) is 1.86. The van der Waals surface area contributed by atoms with Crippen molar-refractivity contribution in [3.8, 4) is 0 Å². The number of halogens is 1. The van der Waals surface area contributed by atoms with Gasteiger partial charge in [0, 0.05) is 11.1 Å². The van der Waals surface area contributed by atoms with E-state index < -0.39 is 0 Å². The molecule has 0 bridgehead atoms. The van der Waals surface area contributed by atoms with Crippen LogP contribution in [0.15, 0.2) is 24.3 Å². The molecule has 0 aliphatic heterocycles. The maximum Gasteiger partial charge on any atom is 0.0406 e. The third kappa shape index (κ3) is 3.78. The van der Waals surface area contributed by atoms with Crippen molar-refractivity contribution in [2.75, 3.05) is 0 Å². The molecule has 3 N–H and O–H groups in total. The molecular weight excluding hydrogens is 220 g/mol. The number of nitrogens with two attached hydrogens (primary N) is 1. The highest BCUT2D eigenvalue weighted by Gasteiger charge is 2.19. The van der Waals surface area contributed by atoms with Gasteiger partial charge >= 0.3 is 0 Å². The van der Waals surface area contributed by atoms with E-state index in [1.807, 2.05) is 12.1 Å². The first-order chi connectivity index (χ1) is 7.54. The number of benzene rings is 1. The van der Waals surface area contributed by atoms with Crippen molar-refractivity contribution in [3.63, 3.8) is 0 Å². The van der Waals surface area contributed by atoms with Crippen LogP contribution in [0.2, 0.25) is 5.02 Å². The Hall–Kier alpha value is -0.570. The molecule has 0 saturated heterocycles. The molecule has 0 aliphatic carbocycles. The van der Waals surface area contributed by atoms with Gasteiger partial charge in [-0.05, 0) is 36.0 Å². The second-order valence-electron chi connectivity index (χ2n) is 4.71. The van der Waals surface area contributed by atoms with Crippen molar-refractivity contribution in [1.82, 2.24) is 5.43 Å². The minimum Gasteiger partial charge on any atom is -0.271 e. The molecule has 3 heteroatoms. The first-order valence-electron chi connectivity index (χ1n) is 5.75. The molecule has 0 heterocycles. The SMILES string of the molecule is CC(C)C(C)C(Cc1ccc(Cl)cc1)NN. The van der Waals surface area contributed by atoms with E-state index in [2.05, 4.69) is 38.3 Å². The quantitative estimate of drug-likeness (QED) is 0.614. The molecule has 2 unspecified atom stereocenters. The van der Waals surface area contributed by atoms with Crippen molar-refractivity contribution in [1.29, 1.82) is 0 Å². The number of nitrogens with one attached hydrogen (secondary N) is 1. The van der Waals surface area contributed by atoms with Gasteiger partial charge in [0.1, 0.15) is 0 Å². The highest BCUT2D eigenvalue weighted by molar-refractivity contribution is 6.30. The summed E-state index contributed by atoms with van der Waals surface area (Å²) in [5.74, 6) is 6.77. The van der Waals surface area contributed by atoms with E-state index >= 15 is 0 Å². The average Bonchev–Trinajstić information content (AvgIpc) is 2.27. The summed E-state index contributed by atoms with van der Waals surface area (Å²) < 4.78 is 0. The Balaban J connectivity index is 2.66. The van der Waals surface area contributed by atoms with Gasteiger partial charge in [0.25, 0.3) is 0 Å². The van der Waals surface area contributed by atoms with Gasteiger partial charge in [0.2, 0.25) is 0 Å². The van der Waals surface area contributed by atoms with Gasteiger partial charge < -0.3 is 0 Å². The van der Waals surface area contributed by atoms with E-state index in [1.165, 1.54) is 5.56 Å². The Labute approximate surface area is 103 Å². The minimum absolute atomic E-state index is 0.307. The molecule has 90 valence electrons. The Bertz CT molecular complexity index is 308. The van der Waals surface area contributed by atoms with Crippen molar-refractivity contribution < 1.29 is 0 Å². The fraction of sp³-hybridized carbons (Fsp3) is 0.538. The largest absolute Gasteiger partial charge is 0.271 e. The minimum atomic E-state index is 0.307. The molecular formula is C13H21ClN2. The molecule has 0 amide bonds. The zero-order valence-corrected chi connectivity index (χ0v) is 11.0. The van der Waals surface area contributed by atoms with Crippen LogP contribution in [0.5, 0.6) is 0 Å². The number of hydrogen-bond acceptors (Lipinski definition) is 2. The van der Waals surface area contributed by atoms with Gasteiger partial charge in [-0.2, -0.15) is 0 Å². The topological polar surface area (TPSA) is 38.0 Å². The summed E-state index contributed by atoms with van der Waals surface area (Å²) in [5, 5.41) is 0.776. The Morgan fingerprint density at radius 3 is 2.19 bits per heavy atom. The summed E-state index contributed by atoms with van der Waals surface area (Å²) in [7, 11) is 0. The van der Waals surface area contributed by atoms with Crippen molar-refractivity contribution in [2.24, 2.45) is 17.7 Å². The van der Waals surface area contributed by atoms with Crippen molar-refractivity contribution in [3.05, 3.63) is 34.9 Å². The van der Waals surface area contributed by atoms with E-state index in [9.17, 15) is 0 Å². The number of hydrogen-bond donors (Lipinski definition) is 2. The van der Waals surface area contributed by atoms with Gasteiger partial charge in [-0.25, -0.2) is 0 Å². The summed E-state index contributed by atoms with van der Waals surface area (Å²) >= 11 is 5.85. The summed E-state index contributed by atoms with van der Waals surface area (Å²) in [6.07, 6.45) is 0.938. The van der Waals surface area contributed by atoms with Crippen LogP contribution in [0.3, 0.4) is 0 Å². The summed E-state index contributed by atoms with van der Waals surface area (Å²) in [6.45, 7) is 6.67. The first kappa shape index (κ1) is 13.5. The highest BCUT2D eigenvalue weighted by atomic mass is 35.5. The van der Waals surface area contributed by atoms with Crippen LogP contribution in [-0.2, 0) is 6.42 Å². The van der Waals surface area contributed by atoms with E-state index in [0.717, 1.165) is 11.4 Å². The molecule has 0 aromatic heterocycles. The Morgan fingerprint density at radius 2 is 1.75 bits per heavy atom. The summed E-state index contributed by atoms with van der Waals surface area (Å²) in [4.78, 5) is 0. The summed E-state index contributed by atoms with van der Waals surface area (Å²) in [5.41, 5.74) is 4.18. The van der Waals surface area contributed by atoms with Crippen LogP contribution in [0.4, 0.5) is 0 Å². The monoisotopic (exact) mass is 240 g/mol. The normalized spacial score (nSPS) is 15.1. The lowest BCUT2D eigenvalue weighted by molar-refractivity contribution is 0.299. The zero-order valence-electron chi connectivity index (χ0n) is 10.2. The van der Waals surface area contributed by atoms with Gasteiger partial charge in [-0.1, -0.05) is 44.5 Å². The van der Waals surface area contributed by atoms with E-state index in [4.69, 9.17) is 17.4 Å². The van der Waals surface area contributed by atoms with E-state index in [1.54, 1.807) is 0 Å². The van der Waals surface area contributed by atoms with Gasteiger partial charge in [0.05, 0.1) is 0 Å². The predicted octanol–water partition coefficient (Wildman–Crippen LogP) is 3.01. The van der Waals surface area contributed by atoms with Crippen LogP contribution < -0.4 is 11.3 Å². The van der Waals surface area contributed by atoms with Gasteiger partial charge in [0.15, 0.2) is 0 Å². The smallest absolute Gasteiger partial charge is 0.0406 e. The summed E-state index contributed by atoms with van der Waals surface area (Å²) in [6, 6.07) is 8.26. The molecule has 2 atom stereocenters. The maximum absolute atomic E-state index is 5.85. The van der Waals surface area contributed by atoms with Crippen LogP contribution in [0.25, 0.3) is 0 Å². The number of hydrazine groups is 1. The third-order valence-electron chi connectivity index (χ3n) is 3.27. The first-order valence-corrected chi connectivity index (χ1v) is 6.13. The fourth-order valence-electron chi connectivity index (χ4n) is 1.74. The molecule has 1 rings (SSSR count). The molecule has 16 heavy (non-hydrogen) atoms. The predicted molar refractivity (Wildman–Crippen MR) is 70.3 cm³/mol. The highest BCUT2D eigenvalue weighted by Crippen LogP contribution is 2.18. The second-order valence-corrected chi connectivity index (χ2v) is 5.14. The molecule has 0 radical (unpaired) electrons. The third-order valence-corrected chi connectivity index (χ3v) is 3.52. The lowest BCUT2D eigenvalue weighted by Crippen LogP contribution is -2.43. The lowest BCUT2D eigenvalue weighted by Gasteiger charge is -2.26. The molecule has 0 spiro atoms. The van der Waals surface area contributed by atoms with E-state index in [0.29, 0.717) is 17.9 Å². The van der Waals surface area contributed by atoms with Crippen molar-refractivity contribution >= 4 is 11.6 Å². The van der Waals surface area contributed by atoms with Crippen LogP contribution in [0, 0.1) is 11.8 Å². The maximum atomic E-state index is 5.85. The standard InChI is InChI=1S/C13H21ClN2/c1-9(2)10(3)13(16-15)8-11-4-6-12(14)7-5-11/h4-7,9-10,13,16H,8,15H2,1-3H3. The van der Waals surface area contributed by atoms with Gasteiger partial charge in [-0.15, -0.1) is 0 Å². The molecule has 0 saturated carbocycles. The Morgan fingerprint density at radius 1 is 1.19 bits per heavy atom. The molecule has 1 aromatic carbocycles. The molecule has 2 nitrogen and oxygen atoms in total.